The molecule has 0 bridgehead atoms. The highest BCUT2D eigenvalue weighted by molar-refractivity contribution is 5.64. The first kappa shape index (κ1) is 11.4. The zero-order valence-corrected chi connectivity index (χ0v) is 10.2. The second kappa shape index (κ2) is 4.53. The molecule has 0 aromatic heterocycles. The summed E-state index contributed by atoms with van der Waals surface area (Å²) in [6.07, 6.45) is 5.18. The van der Waals surface area contributed by atoms with Gasteiger partial charge < -0.3 is 10.3 Å². The van der Waals surface area contributed by atoms with Gasteiger partial charge >= 0.3 is 0 Å². The molecular formula is C14H16N2O2. The molecule has 4 nitrogen and oxygen atoms in total. The van der Waals surface area contributed by atoms with E-state index in [1.807, 2.05) is 30.3 Å². The molecule has 1 aromatic carbocycles. The minimum absolute atomic E-state index is 0.163. The summed E-state index contributed by atoms with van der Waals surface area (Å²) in [6.45, 7) is 0. The van der Waals surface area contributed by atoms with E-state index in [1.165, 1.54) is 6.20 Å². The number of hydrogen-bond donors (Lipinski definition) is 0. The molecular weight excluding hydrogens is 228 g/mol. The predicted molar refractivity (Wildman–Crippen MR) is 69.3 cm³/mol. The van der Waals surface area contributed by atoms with Crippen molar-refractivity contribution in [2.75, 3.05) is 0 Å². The van der Waals surface area contributed by atoms with Crippen molar-refractivity contribution in [3.63, 3.8) is 0 Å². The highest BCUT2D eigenvalue weighted by Gasteiger charge is 2.41. The molecule has 0 radical (unpaired) electrons. The lowest BCUT2D eigenvalue weighted by Crippen LogP contribution is -2.49. The van der Waals surface area contributed by atoms with Gasteiger partial charge in [0.05, 0.1) is 6.04 Å². The molecule has 2 atom stereocenters. The lowest BCUT2D eigenvalue weighted by Gasteiger charge is -2.44. The van der Waals surface area contributed by atoms with E-state index in [9.17, 15) is 10.1 Å². The third kappa shape index (κ3) is 1.82. The number of benzene rings is 1. The lowest BCUT2D eigenvalue weighted by atomic mass is 9.88. The average molecular weight is 244 g/mol. The van der Waals surface area contributed by atoms with Crippen LogP contribution in [0, 0.1) is 10.1 Å². The van der Waals surface area contributed by atoms with Crippen molar-refractivity contribution in [2.45, 2.75) is 37.8 Å². The fraction of sp³-hybridized carbons (Fsp3) is 0.429. The molecule has 4 heteroatoms. The molecule has 1 aromatic rings. The van der Waals surface area contributed by atoms with Crippen LogP contribution in [0.1, 0.15) is 31.2 Å². The molecule has 1 saturated carbocycles. The van der Waals surface area contributed by atoms with Gasteiger partial charge in [0.2, 0.25) is 12.2 Å². The second-order valence-electron chi connectivity index (χ2n) is 4.99. The summed E-state index contributed by atoms with van der Waals surface area (Å²) in [6, 6.07) is 9.06. The lowest BCUT2D eigenvalue weighted by molar-refractivity contribution is -0.536. The van der Waals surface area contributed by atoms with Gasteiger partial charge in [0.15, 0.2) is 0 Å². The molecule has 0 N–H and O–H groups in total. The fourth-order valence-electron chi connectivity index (χ4n) is 2.92. The first-order valence-corrected chi connectivity index (χ1v) is 6.46. The summed E-state index contributed by atoms with van der Waals surface area (Å²) in [5.41, 5.74) is 1.31. The Kier molecular flexibility index (Phi) is 2.88. The van der Waals surface area contributed by atoms with E-state index in [2.05, 4.69) is 0 Å². The first-order chi connectivity index (χ1) is 8.77. The van der Waals surface area contributed by atoms with Gasteiger partial charge in [0, 0.05) is 21.7 Å². The quantitative estimate of drug-likeness (QED) is 0.713. The summed E-state index contributed by atoms with van der Waals surface area (Å²) in [5.74, 6) is 0. The molecule has 3 rings (SSSR count). The maximum atomic E-state index is 12.4. The summed E-state index contributed by atoms with van der Waals surface area (Å²) >= 11 is 0. The van der Waals surface area contributed by atoms with Gasteiger partial charge in [-0.25, -0.2) is 0 Å². The molecule has 1 fully saturated rings. The second-order valence-corrected chi connectivity index (χ2v) is 4.99. The Balaban J connectivity index is 1.98. The van der Waals surface area contributed by atoms with Crippen molar-refractivity contribution >= 4 is 5.70 Å². The van der Waals surface area contributed by atoms with Crippen LogP contribution in [0.4, 0.5) is 0 Å². The van der Waals surface area contributed by atoms with Gasteiger partial charge in [-0.1, -0.05) is 36.8 Å². The van der Waals surface area contributed by atoms with Crippen molar-refractivity contribution in [3.8, 4) is 0 Å². The van der Waals surface area contributed by atoms with Gasteiger partial charge in [-0.3, -0.25) is 0 Å². The van der Waals surface area contributed by atoms with Gasteiger partial charge in [-0.2, -0.15) is 0 Å². The van der Waals surface area contributed by atoms with E-state index in [-0.39, 0.29) is 12.1 Å². The summed E-state index contributed by atoms with van der Waals surface area (Å²) < 4.78 is 0.987. The normalized spacial score (nSPS) is 27.7. The van der Waals surface area contributed by atoms with E-state index in [1.54, 1.807) is 0 Å². The number of nitroso groups, excluding NO2 is 1. The molecule has 0 unspecified atom stereocenters. The molecule has 18 heavy (non-hydrogen) atoms. The zero-order chi connectivity index (χ0) is 12.5. The fourth-order valence-corrected chi connectivity index (χ4v) is 2.92. The molecule has 0 saturated heterocycles. The highest BCUT2D eigenvalue weighted by atomic mass is 16.5. The molecule has 1 aliphatic heterocycles. The molecule has 1 aliphatic carbocycles. The minimum atomic E-state index is -0.184. The van der Waals surface area contributed by atoms with Crippen LogP contribution in [-0.2, 0) is 0 Å². The van der Waals surface area contributed by atoms with Crippen LogP contribution in [-0.4, -0.2) is 21.9 Å². The third-order valence-corrected chi connectivity index (χ3v) is 3.88. The minimum Gasteiger partial charge on any atom is -0.758 e. The average Bonchev–Trinajstić information content (AvgIpc) is 2.44. The van der Waals surface area contributed by atoms with Crippen LogP contribution >= 0.6 is 0 Å². The predicted octanol–water partition coefficient (Wildman–Crippen LogP) is 2.89. The van der Waals surface area contributed by atoms with E-state index in [4.69, 9.17) is 0 Å². The standard InChI is InChI=1S/C14H16N2O2/c17-15-10-14(11-6-2-1-3-7-11)16(18)13-9-5-4-8-12(13)15/h1-3,6-7,10,12-13H,4-5,8-9H2/t12-,13+/m0/s1. The molecule has 1 heterocycles. The maximum absolute atomic E-state index is 12.4. The van der Waals surface area contributed by atoms with Crippen molar-refractivity contribution in [3.05, 3.63) is 52.2 Å². The molecule has 0 spiro atoms. The van der Waals surface area contributed by atoms with E-state index in [0.29, 0.717) is 5.70 Å². The van der Waals surface area contributed by atoms with Gasteiger partial charge in [0.25, 0.3) is 0 Å². The Morgan fingerprint density at radius 2 is 1.89 bits per heavy atom. The van der Waals surface area contributed by atoms with Gasteiger partial charge in [-0.05, 0) is 12.8 Å². The molecule has 2 aliphatic rings. The molecule has 0 amide bonds. The SMILES string of the molecule is O=[N+]1C=C(c2ccccc2)N([O-])[C@@H]2CCCC[C@@H]21. The number of hydrogen-bond acceptors (Lipinski definition) is 3. The topological polar surface area (TPSA) is 46.4 Å². The Labute approximate surface area is 106 Å². The molecule has 94 valence electrons. The van der Waals surface area contributed by atoms with Crippen LogP contribution in [0.2, 0.25) is 0 Å². The Bertz CT molecular complexity index is 484. The van der Waals surface area contributed by atoms with Crippen LogP contribution in [0.5, 0.6) is 0 Å². The Hall–Kier alpha value is -1.68. The van der Waals surface area contributed by atoms with Crippen molar-refractivity contribution in [1.82, 2.24) is 5.06 Å². The van der Waals surface area contributed by atoms with Gasteiger partial charge in [0.1, 0.15) is 5.70 Å². The van der Waals surface area contributed by atoms with Crippen LogP contribution < -0.4 is 0 Å². The van der Waals surface area contributed by atoms with Gasteiger partial charge in [-0.15, -0.1) is 0 Å². The Morgan fingerprint density at radius 1 is 1.17 bits per heavy atom. The largest absolute Gasteiger partial charge is 0.758 e. The first-order valence-electron chi connectivity index (χ1n) is 6.46. The van der Waals surface area contributed by atoms with Crippen LogP contribution in [0.25, 0.3) is 5.70 Å². The summed E-state index contributed by atoms with van der Waals surface area (Å²) in [7, 11) is 0. The van der Waals surface area contributed by atoms with E-state index < -0.39 is 0 Å². The van der Waals surface area contributed by atoms with Crippen LogP contribution in [0.15, 0.2) is 36.5 Å². The third-order valence-electron chi connectivity index (χ3n) is 3.88. The van der Waals surface area contributed by atoms with E-state index >= 15 is 0 Å². The number of rotatable bonds is 1. The number of hydroxylamine groups is 2. The number of fused-ring (bicyclic) bond motifs is 1. The Morgan fingerprint density at radius 3 is 2.67 bits per heavy atom. The van der Waals surface area contributed by atoms with Crippen molar-refractivity contribution < 1.29 is 4.76 Å². The van der Waals surface area contributed by atoms with Crippen molar-refractivity contribution in [2.24, 2.45) is 0 Å². The smallest absolute Gasteiger partial charge is 0.244 e. The zero-order valence-electron chi connectivity index (χ0n) is 10.2. The summed E-state index contributed by atoms with van der Waals surface area (Å²) in [5, 5.41) is 13.4. The van der Waals surface area contributed by atoms with Crippen molar-refractivity contribution in [1.29, 1.82) is 0 Å². The summed E-state index contributed by atoms with van der Waals surface area (Å²) in [4.78, 5) is 12.0. The van der Waals surface area contributed by atoms with Crippen LogP contribution in [0.3, 0.4) is 0 Å². The maximum Gasteiger partial charge on any atom is 0.244 e. The van der Waals surface area contributed by atoms with E-state index in [0.717, 1.165) is 41.1 Å². The number of nitrogens with zero attached hydrogens (tertiary/aromatic N) is 2. The highest BCUT2D eigenvalue weighted by Crippen LogP contribution is 2.34. The monoisotopic (exact) mass is 244 g/mol.